The second-order valence-corrected chi connectivity index (χ2v) is 10.6. The lowest BCUT2D eigenvalue weighted by Gasteiger charge is -2.34. The maximum absolute atomic E-state index is 13.5. The number of piperidine rings is 1. The van der Waals surface area contributed by atoms with E-state index in [0.29, 0.717) is 32.7 Å². The van der Waals surface area contributed by atoms with Crippen molar-refractivity contribution in [1.82, 2.24) is 20.2 Å². The number of halogens is 4. The Labute approximate surface area is 223 Å². The third-order valence-corrected chi connectivity index (χ3v) is 7.05. The smallest absolute Gasteiger partial charge is 0.286 e. The summed E-state index contributed by atoms with van der Waals surface area (Å²) in [5, 5.41) is 7.73. The van der Waals surface area contributed by atoms with Gasteiger partial charge in [-0.15, -0.1) is 12.4 Å². The van der Waals surface area contributed by atoms with Gasteiger partial charge in [-0.05, 0) is 63.1 Å². The van der Waals surface area contributed by atoms with Crippen molar-refractivity contribution in [2.45, 2.75) is 38.7 Å². The third-order valence-electron chi connectivity index (χ3n) is 6.02. The lowest BCUT2D eigenvalue weighted by atomic mass is 9.89. The minimum atomic E-state index is -0.790. The normalized spacial score (nSPS) is 16.6. The van der Waals surface area contributed by atoms with E-state index >= 15 is 0 Å². The number of rotatable bonds is 3. The molecule has 180 valence electrons. The Morgan fingerprint density at radius 3 is 2.56 bits per heavy atom. The predicted molar refractivity (Wildman–Crippen MR) is 141 cm³/mol. The quantitative estimate of drug-likeness (QED) is 0.367. The molecule has 0 saturated carbocycles. The molecule has 2 aliphatic rings. The van der Waals surface area contributed by atoms with Crippen molar-refractivity contribution in [3.05, 3.63) is 62.2 Å². The maximum atomic E-state index is 13.5. The fourth-order valence-corrected chi connectivity index (χ4v) is 5.38. The Morgan fingerprint density at radius 1 is 1.12 bits per heavy atom. The standard InChI is InChI=1S/C24H23BrCl2N4O2.ClH/c1-24(2)20-21(23(32)29-30-10-4-3-5-11-30)28-31(18-8-7-15(26)13-17(18)27)22(20)16-12-14(25)6-9-19(16)33-24;/h6-9,12-13H,3-5,10-11H2,1-2H3,(H,29,32);1H. The summed E-state index contributed by atoms with van der Waals surface area (Å²) in [6, 6.07) is 11.1. The molecule has 0 spiro atoms. The number of hydrazine groups is 1. The van der Waals surface area contributed by atoms with Gasteiger partial charge < -0.3 is 4.74 Å². The van der Waals surface area contributed by atoms with E-state index in [4.69, 9.17) is 33.0 Å². The van der Waals surface area contributed by atoms with E-state index in [1.54, 1.807) is 16.8 Å². The summed E-state index contributed by atoms with van der Waals surface area (Å²) in [6.07, 6.45) is 3.30. The second kappa shape index (κ2) is 9.70. The zero-order chi connectivity index (χ0) is 23.3. The summed E-state index contributed by atoms with van der Waals surface area (Å²) in [6.45, 7) is 5.55. The van der Waals surface area contributed by atoms with Crippen LogP contribution in [0.15, 0.2) is 40.9 Å². The average molecular weight is 587 g/mol. The highest BCUT2D eigenvalue weighted by molar-refractivity contribution is 9.10. The van der Waals surface area contributed by atoms with Gasteiger partial charge in [-0.25, -0.2) is 9.69 Å². The molecule has 1 amide bonds. The van der Waals surface area contributed by atoms with Crippen LogP contribution in [-0.2, 0) is 5.60 Å². The van der Waals surface area contributed by atoms with E-state index in [0.717, 1.165) is 41.7 Å². The van der Waals surface area contributed by atoms with Gasteiger partial charge in [-0.2, -0.15) is 5.10 Å². The monoisotopic (exact) mass is 584 g/mol. The molecule has 34 heavy (non-hydrogen) atoms. The number of ether oxygens (including phenoxy) is 1. The SMILES string of the molecule is CC1(C)Oc2ccc(Br)cc2-c2c1c(C(=O)NN1CCCCC1)nn2-c1ccc(Cl)cc1Cl.Cl. The van der Waals surface area contributed by atoms with Crippen LogP contribution in [0.4, 0.5) is 0 Å². The molecular weight excluding hydrogens is 563 g/mol. The van der Waals surface area contributed by atoms with Gasteiger partial charge in [-0.3, -0.25) is 10.2 Å². The van der Waals surface area contributed by atoms with Crippen LogP contribution in [0, 0.1) is 0 Å². The first-order valence-electron chi connectivity index (χ1n) is 10.9. The summed E-state index contributed by atoms with van der Waals surface area (Å²) >= 11 is 16.3. The fraction of sp³-hybridized carbons (Fsp3) is 0.333. The molecule has 0 radical (unpaired) electrons. The number of carbonyl (C=O) groups excluding carboxylic acids is 1. The topological polar surface area (TPSA) is 59.4 Å². The third kappa shape index (κ3) is 4.56. The lowest BCUT2D eigenvalue weighted by Crippen LogP contribution is -2.46. The number of amides is 1. The van der Waals surface area contributed by atoms with Crippen LogP contribution in [0.25, 0.3) is 16.9 Å². The Kier molecular flexibility index (Phi) is 7.23. The Morgan fingerprint density at radius 2 is 1.85 bits per heavy atom. The minimum Gasteiger partial charge on any atom is -0.482 e. The van der Waals surface area contributed by atoms with Gasteiger partial charge in [0.1, 0.15) is 11.4 Å². The molecule has 5 rings (SSSR count). The molecule has 2 aromatic carbocycles. The van der Waals surface area contributed by atoms with Gasteiger partial charge in [0, 0.05) is 28.1 Å². The molecule has 0 atom stereocenters. The average Bonchev–Trinajstić information content (AvgIpc) is 3.17. The van der Waals surface area contributed by atoms with Gasteiger partial charge in [-0.1, -0.05) is 45.6 Å². The molecule has 10 heteroatoms. The van der Waals surface area contributed by atoms with Gasteiger partial charge in [0.25, 0.3) is 5.91 Å². The number of carbonyl (C=O) groups is 1. The first-order chi connectivity index (χ1) is 15.7. The summed E-state index contributed by atoms with van der Waals surface area (Å²) in [5.74, 6) is 0.456. The molecule has 1 aromatic heterocycles. The molecule has 6 nitrogen and oxygen atoms in total. The lowest BCUT2D eigenvalue weighted by molar-refractivity contribution is 0.0720. The van der Waals surface area contributed by atoms with Gasteiger partial charge in [0.2, 0.25) is 0 Å². The largest absolute Gasteiger partial charge is 0.482 e. The maximum Gasteiger partial charge on any atom is 0.286 e. The molecule has 0 aliphatic carbocycles. The van der Waals surface area contributed by atoms with Crippen molar-refractivity contribution in [3.63, 3.8) is 0 Å². The van der Waals surface area contributed by atoms with Gasteiger partial charge >= 0.3 is 0 Å². The van der Waals surface area contributed by atoms with E-state index in [9.17, 15) is 4.79 Å². The number of aromatic nitrogens is 2. The first kappa shape index (κ1) is 25.3. The highest BCUT2D eigenvalue weighted by atomic mass is 79.9. The molecule has 1 N–H and O–H groups in total. The first-order valence-corrected chi connectivity index (χ1v) is 12.4. The molecule has 1 fully saturated rings. The van der Waals surface area contributed by atoms with Crippen molar-refractivity contribution in [2.75, 3.05) is 13.1 Å². The minimum absolute atomic E-state index is 0. The highest BCUT2D eigenvalue weighted by Crippen LogP contribution is 2.48. The van der Waals surface area contributed by atoms with E-state index in [-0.39, 0.29) is 18.3 Å². The molecule has 3 aromatic rings. The molecule has 0 unspecified atom stereocenters. The summed E-state index contributed by atoms with van der Waals surface area (Å²) < 4.78 is 8.98. The summed E-state index contributed by atoms with van der Waals surface area (Å²) in [7, 11) is 0. The molecule has 2 aliphatic heterocycles. The van der Waals surface area contributed by atoms with Crippen molar-refractivity contribution >= 4 is 57.4 Å². The Balaban J connectivity index is 0.00000274. The molecular formula is C24H24BrCl3N4O2. The van der Waals surface area contributed by atoms with Crippen LogP contribution in [0.2, 0.25) is 10.0 Å². The molecule has 1 saturated heterocycles. The van der Waals surface area contributed by atoms with Crippen LogP contribution >= 0.6 is 51.5 Å². The van der Waals surface area contributed by atoms with E-state index in [2.05, 4.69) is 21.4 Å². The number of nitrogens with one attached hydrogen (secondary N) is 1. The summed E-state index contributed by atoms with van der Waals surface area (Å²) in [5.41, 5.74) is 5.53. The molecule has 0 bridgehead atoms. The highest BCUT2D eigenvalue weighted by Gasteiger charge is 2.41. The number of nitrogens with zero attached hydrogens (tertiary/aromatic N) is 3. The van der Waals surface area contributed by atoms with E-state index in [1.165, 1.54) is 6.42 Å². The predicted octanol–water partition coefficient (Wildman–Crippen LogP) is 6.79. The number of hydrogen-bond acceptors (Lipinski definition) is 4. The Bertz CT molecular complexity index is 1260. The van der Waals surface area contributed by atoms with Gasteiger partial charge in [0.05, 0.1) is 22.0 Å². The van der Waals surface area contributed by atoms with Crippen LogP contribution in [0.5, 0.6) is 5.75 Å². The number of benzene rings is 2. The van der Waals surface area contributed by atoms with E-state index in [1.807, 2.05) is 43.1 Å². The van der Waals surface area contributed by atoms with Crippen molar-refractivity contribution in [1.29, 1.82) is 0 Å². The number of hydrogen-bond donors (Lipinski definition) is 1. The van der Waals surface area contributed by atoms with Gasteiger partial charge in [0.15, 0.2) is 5.69 Å². The summed E-state index contributed by atoms with van der Waals surface area (Å²) in [4.78, 5) is 13.5. The van der Waals surface area contributed by atoms with Crippen LogP contribution in [-0.4, -0.2) is 33.8 Å². The van der Waals surface area contributed by atoms with Crippen LogP contribution < -0.4 is 10.2 Å². The molecule has 3 heterocycles. The fourth-order valence-electron chi connectivity index (χ4n) is 4.53. The zero-order valence-electron chi connectivity index (χ0n) is 18.7. The van der Waals surface area contributed by atoms with Crippen LogP contribution in [0.3, 0.4) is 0 Å². The van der Waals surface area contributed by atoms with Crippen molar-refractivity contribution in [2.24, 2.45) is 0 Å². The zero-order valence-corrected chi connectivity index (χ0v) is 22.6. The van der Waals surface area contributed by atoms with E-state index < -0.39 is 5.60 Å². The number of fused-ring (bicyclic) bond motifs is 3. The van der Waals surface area contributed by atoms with Crippen molar-refractivity contribution in [3.8, 4) is 22.7 Å². The van der Waals surface area contributed by atoms with Crippen molar-refractivity contribution < 1.29 is 9.53 Å². The Hall–Kier alpha value is -1.77. The van der Waals surface area contributed by atoms with Crippen LogP contribution in [0.1, 0.15) is 49.2 Å². The second-order valence-electron chi connectivity index (χ2n) is 8.82.